The second-order valence-corrected chi connectivity index (χ2v) is 3.01. The quantitative estimate of drug-likeness (QED) is 0.609. The Morgan fingerprint density at radius 2 is 2.64 bits per heavy atom. The number of oxazole rings is 1. The smallest absolute Gasteiger partial charge is 0.211 e. The zero-order chi connectivity index (χ0) is 7.68. The van der Waals surface area contributed by atoms with Crippen molar-refractivity contribution in [2.45, 2.75) is 18.9 Å². The number of nitrogens with zero attached hydrogens (tertiary/aromatic N) is 2. The second-order valence-electron chi connectivity index (χ2n) is 3.01. The van der Waals surface area contributed by atoms with Crippen LogP contribution in [0.2, 0.25) is 0 Å². The number of aromatic nitrogens is 1. The van der Waals surface area contributed by atoms with Crippen molar-refractivity contribution in [3.8, 4) is 0 Å². The van der Waals surface area contributed by atoms with Crippen molar-refractivity contribution in [2.24, 2.45) is 0 Å². The van der Waals surface area contributed by atoms with E-state index in [9.17, 15) is 0 Å². The first-order chi connectivity index (χ1) is 5.38. The van der Waals surface area contributed by atoms with Gasteiger partial charge in [0.05, 0.1) is 12.2 Å². The van der Waals surface area contributed by atoms with E-state index < -0.39 is 0 Å². The van der Waals surface area contributed by atoms with Crippen LogP contribution in [0.5, 0.6) is 0 Å². The third-order valence-corrected chi connectivity index (χ3v) is 2.26. The molecule has 0 N–H and O–H groups in total. The Bertz CT molecular complexity index is 220. The maximum absolute atomic E-state index is 5.24. The first-order valence-electron chi connectivity index (χ1n) is 3.97. The van der Waals surface area contributed by atoms with Gasteiger partial charge >= 0.3 is 0 Å². The van der Waals surface area contributed by atoms with Gasteiger partial charge in [0.2, 0.25) is 5.89 Å². The molecule has 2 heterocycles. The Morgan fingerprint density at radius 3 is 3.18 bits per heavy atom. The molecule has 3 heteroatoms. The van der Waals surface area contributed by atoms with Crippen LogP contribution in [0.1, 0.15) is 24.8 Å². The lowest BCUT2D eigenvalue weighted by atomic mass is 10.2. The highest BCUT2D eigenvalue weighted by molar-refractivity contribution is 4.93. The maximum atomic E-state index is 5.24. The van der Waals surface area contributed by atoms with Crippen LogP contribution in [0.4, 0.5) is 0 Å². The average Bonchev–Trinajstić information content (AvgIpc) is 2.55. The van der Waals surface area contributed by atoms with Crippen molar-refractivity contribution in [3.63, 3.8) is 0 Å². The molecule has 1 aliphatic rings. The van der Waals surface area contributed by atoms with Crippen LogP contribution in [0.25, 0.3) is 0 Å². The van der Waals surface area contributed by atoms with Gasteiger partial charge in [0.1, 0.15) is 6.26 Å². The van der Waals surface area contributed by atoms with Gasteiger partial charge in [0, 0.05) is 0 Å². The minimum Gasteiger partial charge on any atom is -0.447 e. The fourth-order valence-electron chi connectivity index (χ4n) is 1.62. The first-order valence-corrected chi connectivity index (χ1v) is 3.97. The highest BCUT2D eigenvalue weighted by atomic mass is 16.3. The van der Waals surface area contributed by atoms with E-state index in [1.165, 1.54) is 12.8 Å². The lowest BCUT2D eigenvalue weighted by Gasteiger charge is -2.14. The van der Waals surface area contributed by atoms with Gasteiger partial charge in [-0.1, -0.05) is 0 Å². The largest absolute Gasteiger partial charge is 0.447 e. The van der Waals surface area contributed by atoms with Crippen molar-refractivity contribution in [3.05, 3.63) is 18.4 Å². The van der Waals surface area contributed by atoms with Gasteiger partial charge < -0.3 is 4.42 Å². The molecule has 2 rings (SSSR count). The molecule has 0 bridgehead atoms. The van der Waals surface area contributed by atoms with E-state index in [4.69, 9.17) is 4.42 Å². The number of likely N-dealkylation sites (tertiary alicyclic amines) is 1. The van der Waals surface area contributed by atoms with Gasteiger partial charge in [-0.25, -0.2) is 4.98 Å². The van der Waals surface area contributed by atoms with E-state index in [-0.39, 0.29) is 0 Å². The van der Waals surface area contributed by atoms with Crippen LogP contribution in [-0.4, -0.2) is 23.5 Å². The molecule has 60 valence electrons. The van der Waals surface area contributed by atoms with E-state index >= 15 is 0 Å². The molecule has 0 radical (unpaired) electrons. The molecule has 0 amide bonds. The monoisotopic (exact) mass is 152 g/mol. The summed E-state index contributed by atoms with van der Waals surface area (Å²) in [5.41, 5.74) is 0. The summed E-state index contributed by atoms with van der Waals surface area (Å²) in [5, 5.41) is 0. The molecule has 0 aromatic carbocycles. The predicted molar refractivity (Wildman–Crippen MR) is 41.1 cm³/mol. The van der Waals surface area contributed by atoms with Gasteiger partial charge in [-0.15, -0.1) is 0 Å². The molecular formula is C8H12N2O. The fourth-order valence-corrected chi connectivity index (χ4v) is 1.62. The lowest BCUT2D eigenvalue weighted by molar-refractivity contribution is 0.268. The van der Waals surface area contributed by atoms with E-state index in [1.807, 2.05) is 0 Å². The Hall–Kier alpha value is -0.830. The summed E-state index contributed by atoms with van der Waals surface area (Å²) in [4.78, 5) is 6.42. The van der Waals surface area contributed by atoms with E-state index in [2.05, 4.69) is 16.9 Å². The zero-order valence-electron chi connectivity index (χ0n) is 6.66. The van der Waals surface area contributed by atoms with Crippen LogP contribution < -0.4 is 0 Å². The summed E-state index contributed by atoms with van der Waals surface area (Å²) in [7, 11) is 2.11. The molecule has 1 fully saturated rings. The standard InChI is InChI=1S/C8H12N2O/c1-10-5-2-3-7(10)8-9-4-6-11-8/h4,6-7H,2-3,5H2,1H3. The van der Waals surface area contributed by atoms with Crippen molar-refractivity contribution in [1.82, 2.24) is 9.88 Å². The van der Waals surface area contributed by atoms with Crippen LogP contribution >= 0.6 is 0 Å². The molecule has 1 unspecified atom stereocenters. The summed E-state index contributed by atoms with van der Waals surface area (Å²) in [6.45, 7) is 1.16. The number of rotatable bonds is 1. The topological polar surface area (TPSA) is 29.3 Å². The van der Waals surface area contributed by atoms with Gasteiger partial charge in [-0.2, -0.15) is 0 Å². The Labute approximate surface area is 66.0 Å². The summed E-state index contributed by atoms with van der Waals surface area (Å²) < 4.78 is 5.24. The molecule has 1 aromatic heterocycles. The molecular weight excluding hydrogens is 140 g/mol. The Kier molecular flexibility index (Phi) is 1.66. The molecule has 1 aliphatic heterocycles. The highest BCUT2D eigenvalue weighted by Crippen LogP contribution is 2.28. The summed E-state index contributed by atoms with van der Waals surface area (Å²) >= 11 is 0. The van der Waals surface area contributed by atoms with Crippen molar-refractivity contribution >= 4 is 0 Å². The van der Waals surface area contributed by atoms with Crippen LogP contribution in [0.3, 0.4) is 0 Å². The van der Waals surface area contributed by atoms with Crippen molar-refractivity contribution in [2.75, 3.05) is 13.6 Å². The molecule has 0 aliphatic carbocycles. The van der Waals surface area contributed by atoms with Crippen molar-refractivity contribution < 1.29 is 4.42 Å². The van der Waals surface area contributed by atoms with Crippen molar-refractivity contribution in [1.29, 1.82) is 0 Å². The molecule has 3 nitrogen and oxygen atoms in total. The third-order valence-electron chi connectivity index (χ3n) is 2.26. The summed E-state index contributed by atoms with van der Waals surface area (Å²) in [6, 6.07) is 0.421. The molecule has 11 heavy (non-hydrogen) atoms. The fraction of sp³-hybridized carbons (Fsp3) is 0.625. The average molecular weight is 152 g/mol. The Morgan fingerprint density at radius 1 is 1.73 bits per heavy atom. The van der Waals surface area contributed by atoms with Crippen LogP contribution in [-0.2, 0) is 0 Å². The van der Waals surface area contributed by atoms with Crippen LogP contribution in [0.15, 0.2) is 16.9 Å². The molecule has 1 saturated heterocycles. The number of hydrogen-bond acceptors (Lipinski definition) is 3. The molecule has 0 saturated carbocycles. The lowest BCUT2D eigenvalue weighted by Crippen LogP contribution is -2.17. The predicted octanol–water partition coefficient (Wildman–Crippen LogP) is 1.44. The first kappa shape index (κ1) is 6.85. The third kappa shape index (κ3) is 1.16. The van der Waals surface area contributed by atoms with Crippen LogP contribution in [0, 0.1) is 0 Å². The minimum absolute atomic E-state index is 0.421. The van der Waals surface area contributed by atoms with E-state index in [1.54, 1.807) is 12.5 Å². The highest BCUT2D eigenvalue weighted by Gasteiger charge is 2.25. The van der Waals surface area contributed by atoms with Gasteiger partial charge in [-0.3, -0.25) is 4.90 Å². The summed E-state index contributed by atoms with van der Waals surface area (Å²) in [6.07, 6.45) is 5.78. The molecule has 1 atom stereocenters. The SMILES string of the molecule is CN1CCCC1c1ncco1. The zero-order valence-corrected chi connectivity index (χ0v) is 6.66. The summed E-state index contributed by atoms with van der Waals surface area (Å²) in [5.74, 6) is 0.866. The van der Waals surface area contributed by atoms with E-state index in [0.29, 0.717) is 6.04 Å². The Balaban J connectivity index is 2.16. The molecule has 0 spiro atoms. The minimum atomic E-state index is 0.421. The van der Waals surface area contributed by atoms with Gasteiger partial charge in [0.15, 0.2) is 0 Å². The van der Waals surface area contributed by atoms with Gasteiger partial charge in [-0.05, 0) is 26.4 Å². The normalized spacial score (nSPS) is 26.1. The van der Waals surface area contributed by atoms with E-state index in [0.717, 1.165) is 12.4 Å². The van der Waals surface area contributed by atoms with Gasteiger partial charge in [0.25, 0.3) is 0 Å². The second kappa shape index (κ2) is 2.66. The number of hydrogen-bond donors (Lipinski definition) is 0. The molecule has 1 aromatic rings. The maximum Gasteiger partial charge on any atom is 0.211 e.